The molecule has 0 unspecified atom stereocenters. The molecular weight excluding hydrogens is 203 g/mol. The van der Waals surface area contributed by atoms with Crippen molar-refractivity contribution in [2.75, 3.05) is 12.3 Å². The summed E-state index contributed by atoms with van der Waals surface area (Å²) < 4.78 is 11.4. The zero-order valence-electron chi connectivity index (χ0n) is 8.89. The molecule has 0 aliphatic heterocycles. The van der Waals surface area contributed by atoms with Crippen molar-refractivity contribution in [2.24, 2.45) is 0 Å². The quantitative estimate of drug-likeness (QED) is 0.424. The fraction of sp³-hybridized carbons (Fsp3) is 1.00. The second-order valence-corrected chi connectivity index (χ2v) is 8.11. The van der Waals surface area contributed by atoms with Crippen molar-refractivity contribution in [3.05, 3.63) is 0 Å². The molecule has 0 saturated heterocycles. The summed E-state index contributed by atoms with van der Waals surface area (Å²) in [6.45, 7) is 1.86. The molecule has 0 aromatic carbocycles. The van der Waals surface area contributed by atoms with Crippen molar-refractivity contribution in [3.8, 4) is 0 Å². The predicted molar refractivity (Wildman–Crippen MR) is 62.2 cm³/mol. The molecule has 0 rings (SSSR count). The molecule has 0 amide bonds. The van der Waals surface area contributed by atoms with Crippen molar-refractivity contribution in [2.45, 2.75) is 52.4 Å². The Hall–Kier alpha value is 0.520. The van der Waals surface area contributed by atoms with Crippen LogP contribution >= 0.6 is 17.7 Å². The first-order valence-electron chi connectivity index (χ1n) is 5.40. The first kappa shape index (κ1) is 13.5. The third kappa shape index (κ3) is 8.84. The topological polar surface area (TPSA) is 17.1 Å². The Kier molecular flexibility index (Phi) is 8.20. The Morgan fingerprint density at radius 3 is 2.08 bits per heavy atom. The molecule has 0 fully saturated rings. The fourth-order valence-electron chi connectivity index (χ4n) is 1.29. The molecule has 0 aliphatic carbocycles. The number of unbranched alkanes of at least 4 members (excludes halogenated alkanes) is 5. The second-order valence-electron chi connectivity index (χ2n) is 3.60. The summed E-state index contributed by atoms with van der Waals surface area (Å²) >= 11 is 5.82. The van der Waals surface area contributed by atoms with Crippen LogP contribution in [0.1, 0.15) is 52.4 Å². The molecule has 0 aliphatic rings. The minimum atomic E-state index is -2.26. The van der Waals surface area contributed by atoms with Crippen LogP contribution < -0.4 is 0 Å². The van der Waals surface area contributed by atoms with Gasteiger partial charge in [-0.05, 0) is 6.42 Å². The van der Waals surface area contributed by atoms with Crippen molar-refractivity contribution in [1.29, 1.82) is 0 Å². The lowest BCUT2D eigenvalue weighted by atomic mass is 10.1. The van der Waals surface area contributed by atoms with Crippen LogP contribution in [0.4, 0.5) is 0 Å². The number of hydrogen-bond acceptors (Lipinski definition) is 1. The molecule has 0 bridgehead atoms. The van der Waals surface area contributed by atoms with E-state index in [9.17, 15) is 4.57 Å². The lowest BCUT2D eigenvalue weighted by Gasteiger charge is -2.06. The van der Waals surface area contributed by atoms with Gasteiger partial charge in [0, 0.05) is 12.3 Å². The van der Waals surface area contributed by atoms with Crippen molar-refractivity contribution in [3.63, 3.8) is 0 Å². The van der Waals surface area contributed by atoms with Gasteiger partial charge in [-0.2, -0.15) is 0 Å². The van der Waals surface area contributed by atoms with Gasteiger partial charge in [-0.3, -0.25) is 0 Å². The highest BCUT2D eigenvalue weighted by Gasteiger charge is 2.13. The van der Waals surface area contributed by atoms with Crippen LogP contribution in [0.15, 0.2) is 0 Å². The van der Waals surface area contributed by atoms with Crippen molar-refractivity contribution >= 4 is 17.7 Å². The molecule has 0 aromatic rings. The van der Waals surface area contributed by atoms with E-state index in [1.807, 2.05) is 6.92 Å². The lowest BCUT2D eigenvalue weighted by molar-refractivity contribution is 0.578. The van der Waals surface area contributed by atoms with Gasteiger partial charge in [0.2, 0.25) is 0 Å². The molecule has 0 radical (unpaired) electrons. The molecular formula is C10H22ClOP. The lowest BCUT2D eigenvalue weighted by Crippen LogP contribution is -1.87. The van der Waals surface area contributed by atoms with Crippen LogP contribution in [-0.2, 0) is 4.57 Å². The van der Waals surface area contributed by atoms with Crippen LogP contribution in [0.2, 0.25) is 0 Å². The van der Waals surface area contributed by atoms with Crippen LogP contribution in [0, 0.1) is 0 Å². The van der Waals surface area contributed by atoms with E-state index in [1.54, 1.807) is 0 Å². The Morgan fingerprint density at radius 2 is 1.54 bits per heavy atom. The van der Waals surface area contributed by atoms with Crippen LogP contribution in [-0.4, -0.2) is 12.3 Å². The van der Waals surface area contributed by atoms with Crippen molar-refractivity contribution < 1.29 is 4.57 Å². The minimum Gasteiger partial charge on any atom is -0.307 e. The fourth-order valence-corrected chi connectivity index (χ4v) is 2.66. The summed E-state index contributed by atoms with van der Waals surface area (Å²) in [5.41, 5.74) is 0. The Balaban J connectivity index is 3.21. The number of hydrogen-bond donors (Lipinski definition) is 0. The zero-order chi connectivity index (χ0) is 10.2. The standard InChI is InChI=1S/C10H22ClOP/c1-3-5-6-7-8-9-10-13(11,12)4-2/h3-10H2,1-2H3/t13-/m1/s1. The highest BCUT2D eigenvalue weighted by atomic mass is 35.7. The highest BCUT2D eigenvalue weighted by Crippen LogP contribution is 2.51. The van der Waals surface area contributed by atoms with E-state index in [4.69, 9.17) is 11.2 Å². The van der Waals surface area contributed by atoms with Crippen LogP contribution in [0.3, 0.4) is 0 Å². The molecule has 0 aromatic heterocycles. The van der Waals surface area contributed by atoms with E-state index in [1.165, 1.54) is 32.1 Å². The molecule has 80 valence electrons. The summed E-state index contributed by atoms with van der Waals surface area (Å²) in [4.78, 5) is 0. The van der Waals surface area contributed by atoms with Crippen LogP contribution in [0.5, 0.6) is 0 Å². The third-order valence-corrected chi connectivity index (χ3v) is 5.47. The Labute approximate surface area is 87.4 Å². The average molecular weight is 225 g/mol. The Bertz CT molecular complexity index is 159. The largest absolute Gasteiger partial charge is 0.307 e. The van der Waals surface area contributed by atoms with E-state index >= 15 is 0 Å². The molecule has 1 nitrogen and oxygen atoms in total. The molecule has 0 N–H and O–H groups in total. The second kappa shape index (κ2) is 7.88. The summed E-state index contributed by atoms with van der Waals surface area (Å²) in [5, 5.41) is 0. The predicted octanol–water partition coefficient (Wildman–Crippen LogP) is 4.88. The third-order valence-electron chi connectivity index (χ3n) is 2.32. The van der Waals surface area contributed by atoms with Crippen molar-refractivity contribution in [1.82, 2.24) is 0 Å². The van der Waals surface area contributed by atoms with Gasteiger partial charge in [0.05, 0.1) is 0 Å². The first-order chi connectivity index (χ1) is 6.12. The van der Waals surface area contributed by atoms with Crippen LogP contribution in [0.25, 0.3) is 0 Å². The van der Waals surface area contributed by atoms with Gasteiger partial charge in [-0.1, -0.05) is 57.2 Å². The molecule has 3 heteroatoms. The smallest absolute Gasteiger partial charge is 0.169 e. The van der Waals surface area contributed by atoms with E-state index in [-0.39, 0.29) is 0 Å². The molecule has 13 heavy (non-hydrogen) atoms. The first-order valence-corrected chi connectivity index (χ1v) is 8.38. The normalized spacial score (nSPS) is 15.6. The maximum atomic E-state index is 11.4. The highest BCUT2D eigenvalue weighted by molar-refractivity contribution is 7.89. The van der Waals surface area contributed by atoms with Gasteiger partial charge in [0.15, 0.2) is 6.49 Å². The molecule has 0 spiro atoms. The van der Waals surface area contributed by atoms with E-state index in [0.29, 0.717) is 6.16 Å². The SMILES string of the molecule is CCCCCCCC[P@@](=O)(Cl)CC. The maximum Gasteiger partial charge on any atom is 0.169 e. The van der Waals surface area contributed by atoms with Gasteiger partial charge in [-0.25, -0.2) is 0 Å². The maximum absolute atomic E-state index is 11.4. The van der Waals surface area contributed by atoms with Gasteiger partial charge in [0.1, 0.15) is 0 Å². The Morgan fingerprint density at radius 1 is 1.00 bits per heavy atom. The van der Waals surface area contributed by atoms with Gasteiger partial charge < -0.3 is 4.57 Å². The van der Waals surface area contributed by atoms with E-state index < -0.39 is 6.49 Å². The monoisotopic (exact) mass is 224 g/mol. The minimum absolute atomic E-state index is 0.642. The molecule has 0 heterocycles. The summed E-state index contributed by atoms with van der Waals surface area (Å²) in [7, 11) is 0. The molecule has 1 atom stereocenters. The van der Waals surface area contributed by atoms with Gasteiger partial charge in [-0.15, -0.1) is 0 Å². The van der Waals surface area contributed by atoms with Gasteiger partial charge in [0.25, 0.3) is 0 Å². The summed E-state index contributed by atoms with van der Waals surface area (Å²) in [5.74, 6) is 0. The average Bonchev–Trinajstić information content (AvgIpc) is 2.11. The van der Waals surface area contributed by atoms with Gasteiger partial charge >= 0.3 is 0 Å². The number of rotatable bonds is 8. The zero-order valence-corrected chi connectivity index (χ0v) is 10.5. The van der Waals surface area contributed by atoms with E-state index in [2.05, 4.69) is 6.92 Å². The van der Waals surface area contributed by atoms with E-state index in [0.717, 1.165) is 12.6 Å². The summed E-state index contributed by atoms with van der Waals surface area (Å²) in [6, 6.07) is 0. The summed E-state index contributed by atoms with van der Waals surface area (Å²) in [6.07, 6.45) is 8.80. The molecule has 0 saturated carbocycles. The number of halogens is 1.